The predicted molar refractivity (Wildman–Crippen MR) is 115 cm³/mol. The minimum atomic E-state index is -4.69. The van der Waals surface area contributed by atoms with Gasteiger partial charge in [0.25, 0.3) is 0 Å². The fourth-order valence-corrected chi connectivity index (χ4v) is 5.46. The maximum absolute atomic E-state index is 12.5. The number of hydrogen-bond donors (Lipinski definition) is 2. The first-order valence-corrected chi connectivity index (χ1v) is 12.8. The van der Waals surface area contributed by atoms with Gasteiger partial charge in [-0.1, -0.05) is 25.1 Å². The van der Waals surface area contributed by atoms with E-state index in [0.29, 0.717) is 12.3 Å². The number of piperidine rings is 1. The van der Waals surface area contributed by atoms with Crippen LogP contribution < -0.4 is 19.3 Å². The summed E-state index contributed by atoms with van der Waals surface area (Å²) in [6.07, 6.45) is 5.97. The number of fused-ring (bicyclic) bond motifs is 4. The second-order valence-corrected chi connectivity index (χ2v) is 10.8. The molecule has 2 N–H and O–H groups in total. The van der Waals surface area contributed by atoms with E-state index in [1.807, 2.05) is 20.8 Å². The maximum Gasteiger partial charge on any atom is 0.306 e. The Kier molecular flexibility index (Phi) is 7.65. The molecule has 8 nitrogen and oxygen atoms in total. The number of halogens is 1. The first kappa shape index (κ1) is 25.8. The largest absolute Gasteiger partial charge is 0.460 e. The smallest absolute Gasteiger partial charge is 0.306 e. The van der Waals surface area contributed by atoms with E-state index in [-0.39, 0.29) is 11.4 Å². The molecule has 1 aromatic carbocycles. The quantitative estimate of drug-likeness (QED) is 0.614. The van der Waals surface area contributed by atoms with E-state index < -0.39 is 15.8 Å². The molecule has 3 heterocycles. The molecule has 9 heteroatoms. The van der Waals surface area contributed by atoms with Crippen LogP contribution in [0, 0.1) is 15.7 Å². The van der Waals surface area contributed by atoms with Crippen molar-refractivity contribution in [2.45, 2.75) is 77.7 Å². The molecule has 0 aromatic heterocycles. The molecule has 0 saturated carbocycles. The van der Waals surface area contributed by atoms with Crippen LogP contribution in [0.2, 0.25) is 0 Å². The molecule has 2 unspecified atom stereocenters. The van der Waals surface area contributed by atoms with Gasteiger partial charge in [-0.2, -0.15) is 14.0 Å². The summed E-state index contributed by atoms with van der Waals surface area (Å²) in [5.74, 6) is 0.408. The molecule has 0 spiro atoms. The van der Waals surface area contributed by atoms with Gasteiger partial charge in [0.15, 0.2) is 0 Å². The van der Waals surface area contributed by atoms with Gasteiger partial charge in [-0.3, -0.25) is 4.79 Å². The zero-order chi connectivity index (χ0) is 24.4. The Morgan fingerprint density at radius 2 is 1.94 bits per heavy atom. The second kappa shape index (κ2) is 9.80. The van der Waals surface area contributed by atoms with Gasteiger partial charge in [0.2, 0.25) is 0 Å². The van der Waals surface area contributed by atoms with Gasteiger partial charge in [0, 0.05) is 47.9 Å². The molecule has 1 fully saturated rings. The number of carbonyl (C=O) groups excluding carboxylic acids is 1. The predicted octanol–water partition coefficient (Wildman–Crippen LogP) is 1.30. The Bertz CT molecular complexity index is 886. The van der Waals surface area contributed by atoms with Crippen molar-refractivity contribution in [1.29, 1.82) is 0 Å². The highest BCUT2D eigenvalue weighted by atomic mass is 35.7. The molecule has 2 atom stereocenters. The summed E-state index contributed by atoms with van der Waals surface area (Å²) < 4.78 is 38.3. The Balaban J connectivity index is 0.000000555. The Labute approximate surface area is 198 Å². The SMILES string of the molecule is CCC1(CCC(=O)OC(C)(C)C)CCCN2CCC3C(=C21)Nc1ccccc13.[O-][Cl+3]([O-])([O-])O. The van der Waals surface area contributed by atoms with Crippen molar-refractivity contribution >= 4 is 11.7 Å². The lowest BCUT2D eigenvalue weighted by molar-refractivity contribution is -1.92. The fraction of sp³-hybridized carbons (Fsp3) is 0.625. The molecule has 0 bridgehead atoms. The van der Waals surface area contributed by atoms with Crippen LogP contribution in [0.3, 0.4) is 0 Å². The molecule has 3 aliphatic heterocycles. The molecule has 0 amide bonds. The third kappa shape index (κ3) is 6.39. The molecule has 0 aliphatic carbocycles. The van der Waals surface area contributed by atoms with Gasteiger partial charge >= 0.3 is 5.97 Å². The van der Waals surface area contributed by atoms with Crippen molar-refractivity contribution in [3.8, 4) is 0 Å². The average molecular weight is 483 g/mol. The van der Waals surface area contributed by atoms with Crippen molar-refractivity contribution in [2.75, 3.05) is 18.4 Å². The normalized spacial score (nSPS) is 24.1. The number of ether oxygens (including phenoxy) is 1. The summed E-state index contributed by atoms with van der Waals surface area (Å²) in [6, 6.07) is 8.73. The first-order chi connectivity index (χ1) is 15.3. The molecular weight excluding hydrogens is 448 g/mol. The molecule has 1 saturated heterocycles. The van der Waals surface area contributed by atoms with Gasteiger partial charge in [0.1, 0.15) is 5.60 Å². The topological polar surface area (TPSA) is 131 Å². The third-order valence-corrected chi connectivity index (χ3v) is 6.70. The lowest BCUT2D eigenvalue weighted by Gasteiger charge is -2.50. The first-order valence-electron chi connectivity index (χ1n) is 11.5. The third-order valence-electron chi connectivity index (χ3n) is 6.70. The van der Waals surface area contributed by atoms with Gasteiger partial charge in [-0.05, 0) is 64.5 Å². The number of nitrogens with one attached hydrogen (secondary N) is 1. The number of carbonyl (C=O) groups is 1. The summed E-state index contributed by atoms with van der Waals surface area (Å²) in [7, 11) is -4.69. The zero-order valence-corrected chi connectivity index (χ0v) is 20.6. The van der Waals surface area contributed by atoms with Gasteiger partial charge in [-0.25, -0.2) is 0 Å². The lowest BCUT2D eigenvalue weighted by Crippen LogP contribution is -2.58. The number of esters is 1. The van der Waals surface area contributed by atoms with Crippen molar-refractivity contribution < 1.29 is 38.4 Å². The minimum absolute atomic E-state index is 0.0677. The summed E-state index contributed by atoms with van der Waals surface area (Å²) >= 11 is 0. The molecule has 184 valence electrons. The van der Waals surface area contributed by atoms with Crippen LogP contribution in [0.1, 0.15) is 77.7 Å². The number of benzene rings is 1. The minimum Gasteiger partial charge on any atom is -0.460 e. The highest BCUT2D eigenvalue weighted by Gasteiger charge is 2.46. The van der Waals surface area contributed by atoms with Crippen LogP contribution in [0.5, 0.6) is 0 Å². The van der Waals surface area contributed by atoms with Crippen LogP contribution in [-0.2, 0) is 9.53 Å². The van der Waals surface area contributed by atoms with Crippen LogP contribution in [0.15, 0.2) is 35.7 Å². The monoisotopic (exact) mass is 482 g/mol. The molecule has 1 aromatic rings. The molecule has 0 radical (unpaired) electrons. The maximum atomic E-state index is 12.5. The van der Waals surface area contributed by atoms with E-state index in [9.17, 15) is 4.79 Å². The summed E-state index contributed by atoms with van der Waals surface area (Å²) in [4.78, 5) is 15.1. The van der Waals surface area contributed by atoms with Crippen LogP contribution in [0.25, 0.3) is 0 Å². The lowest BCUT2D eigenvalue weighted by atomic mass is 9.68. The molecular formula is C24H35ClN2O6. The van der Waals surface area contributed by atoms with Crippen molar-refractivity contribution in [3.63, 3.8) is 0 Å². The fourth-order valence-electron chi connectivity index (χ4n) is 5.46. The van der Waals surface area contributed by atoms with E-state index in [4.69, 9.17) is 23.4 Å². The number of rotatable bonds is 4. The average Bonchev–Trinajstić information content (AvgIpc) is 3.08. The number of anilines is 1. The highest BCUT2D eigenvalue weighted by Crippen LogP contribution is 2.54. The summed E-state index contributed by atoms with van der Waals surface area (Å²) in [6.45, 7) is 10.4. The number of nitrogens with zero attached hydrogens (tertiary/aromatic N) is 1. The number of para-hydroxylation sites is 1. The molecule has 4 rings (SSSR count). The van der Waals surface area contributed by atoms with E-state index in [2.05, 4.69) is 41.4 Å². The number of hydrogen-bond acceptors (Lipinski definition) is 8. The van der Waals surface area contributed by atoms with Crippen LogP contribution >= 0.6 is 0 Å². The highest BCUT2D eigenvalue weighted by molar-refractivity contribution is 5.70. The van der Waals surface area contributed by atoms with Gasteiger partial charge in [0.05, 0.1) is 14.9 Å². The van der Waals surface area contributed by atoms with E-state index in [1.54, 1.807) is 0 Å². The standard InChI is InChI=1S/C24H34N2O2.ClHO4/c1-5-24(14-11-20(27)28-23(2,3)4)13-8-15-26-16-12-18-17-9-6-7-10-19(17)25-21(18)22(24)26;2-1(3,4)5/h6-7,9-10,18,25H,5,8,11-16H2,1-4H3;(H,2,3,4,5). The van der Waals surface area contributed by atoms with E-state index >= 15 is 0 Å². The van der Waals surface area contributed by atoms with Gasteiger partial charge < -0.3 is 15.0 Å². The van der Waals surface area contributed by atoms with Crippen molar-refractivity contribution in [2.24, 2.45) is 5.41 Å². The van der Waals surface area contributed by atoms with Crippen LogP contribution in [-0.4, -0.2) is 34.2 Å². The summed E-state index contributed by atoms with van der Waals surface area (Å²) in [5, 5.41) is 3.77. The second-order valence-electron chi connectivity index (χ2n) is 10.0. The Morgan fingerprint density at radius 1 is 1.27 bits per heavy atom. The van der Waals surface area contributed by atoms with Crippen molar-refractivity contribution in [3.05, 3.63) is 41.2 Å². The molecule has 33 heavy (non-hydrogen) atoms. The van der Waals surface area contributed by atoms with E-state index in [1.165, 1.54) is 35.5 Å². The Hall–Kier alpha value is -1.84. The van der Waals surface area contributed by atoms with E-state index in [0.717, 1.165) is 32.4 Å². The summed E-state index contributed by atoms with van der Waals surface area (Å²) in [5.41, 5.74) is 5.24. The zero-order valence-electron chi connectivity index (χ0n) is 19.9. The number of allylic oxidation sites excluding steroid dienone is 2. The van der Waals surface area contributed by atoms with Crippen molar-refractivity contribution in [1.82, 2.24) is 4.90 Å². The Morgan fingerprint density at radius 3 is 2.58 bits per heavy atom. The molecule has 3 aliphatic rings. The van der Waals surface area contributed by atoms with Crippen LogP contribution in [0.4, 0.5) is 5.69 Å². The van der Waals surface area contributed by atoms with Gasteiger partial charge in [-0.15, -0.1) is 0 Å².